The van der Waals surface area contributed by atoms with Crippen molar-refractivity contribution in [2.75, 3.05) is 13.1 Å². The fraction of sp³-hybridized carbons (Fsp3) is 0.308. The van der Waals surface area contributed by atoms with Crippen molar-refractivity contribution in [3.8, 4) is 11.4 Å². The lowest BCUT2D eigenvalue weighted by Crippen LogP contribution is -2.40. The van der Waals surface area contributed by atoms with Crippen LogP contribution in [0, 0.1) is 11.7 Å². The predicted octanol–water partition coefficient (Wildman–Crippen LogP) is 3.65. The second kappa shape index (κ2) is 10.6. The summed E-state index contributed by atoms with van der Waals surface area (Å²) in [6, 6.07) is 14.3. The Morgan fingerprint density at radius 2 is 1.89 bits per heavy atom. The molecule has 4 aromatic rings. The van der Waals surface area contributed by atoms with Crippen molar-refractivity contribution in [3.05, 3.63) is 90.1 Å². The van der Waals surface area contributed by atoms with Crippen molar-refractivity contribution in [2.45, 2.75) is 32.5 Å². The number of imidazole rings is 1. The zero-order valence-electron chi connectivity index (χ0n) is 19.3. The van der Waals surface area contributed by atoms with Gasteiger partial charge in [0.05, 0.1) is 12.9 Å². The van der Waals surface area contributed by atoms with Gasteiger partial charge >= 0.3 is 0 Å². The molecule has 1 aliphatic rings. The lowest BCUT2D eigenvalue weighted by Gasteiger charge is -2.30. The number of nitrogens with one attached hydrogen (secondary N) is 1. The third-order valence-corrected chi connectivity index (χ3v) is 6.27. The molecule has 35 heavy (non-hydrogen) atoms. The first-order valence-electron chi connectivity index (χ1n) is 11.7. The highest BCUT2D eigenvalue weighted by Gasteiger charge is 2.26. The highest BCUT2D eigenvalue weighted by atomic mass is 19.1. The molecule has 1 saturated heterocycles. The Labute approximate surface area is 202 Å². The number of nitrogens with zero attached hydrogens (tertiary/aromatic N) is 5. The lowest BCUT2D eigenvalue weighted by atomic mass is 9.96. The van der Waals surface area contributed by atoms with Gasteiger partial charge in [-0.25, -0.2) is 9.37 Å². The average Bonchev–Trinajstić information content (AvgIpc) is 3.56. The van der Waals surface area contributed by atoms with Crippen LogP contribution in [0.4, 0.5) is 4.39 Å². The molecule has 0 saturated carbocycles. The molecule has 0 spiro atoms. The lowest BCUT2D eigenvalue weighted by molar-refractivity contribution is -0.126. The summed E-state index contributed by atoms with van der Waals surface area (Å²) in [5.41, 5.74) is 2.97. The molecule has 1 aliphatic heterocycles. The van der Waals surface area contributed by atoms with Gasteiger partial charge in [-0.05, 0) is 61.3 Å². The van der Waals surface area contributed by atoms with Crippen molar-refractivity contribution in [2.24, 2.45) is 5.92 Å². The number of amides is 1. The number of aromatic nitrogens is 4. The molecule has 0 aliphatic carbocycles. The van der Waals surface area contributed by atoms with Crippen LogP contribution in [-0.2, 0) is 24.4 Å². The van der Waals surface area contributed by atoms with Gasteiger partial charge in [-0.2, -0.15) is 4.98 Å². The van der Waals surface area contributed by atoms with Gasteiger partial charge in [-0.15, -0.1) is 0 Å². The van der Waals surface area contributed by atoms with Crippen LogP contribution in [-0.4, -0.2) is 43.6 Å². The molecule has 180 valence electrons. The summed E-state index contributed by atoms with van der Waals surface area (Å²) in [7, 11) is 0. The maximum absolute atomic E-state index is 13.1. The molecule has 1 N–H and O–H groups in total. The van der Waals surface area contributed by atoms with E-state index in [1.54, 1.807) is 24.7 Å². The first-order chi connectivity index (χ1) is 17.1. The molecule has 5 rings (SSSR count). The van der Waals surface area contributed by atoms with Crippen LogP contribution >= 0.6 is 0 Å². The molecule has 0 unspecified atom stereocenters. The molecule has 0 bridgehead atoms. The standard InChI is InChI=1S/C26H27FN6O2/c27-23-6-4-21(5-7-23)25-30-24(35-31-25)17-32-11-8-22(9-12-32)26(34)29-15-19-2-1-3-20(14-19)16-33-13-10-28-18-33/h1-7,10,13-14,18,22H,8-9,11-12,15-17H2,(H,29,34). The van der Waals surface area contributed by atoms with Crippen molar-refractivity contribution in [3.63, 3.8) is 0 Å². The second-order valence-electron chi connectivity index (χ2n) is 8.84. The summed E-state index contributed by atoms with van der Waals surface area (Å²) in [5, 5.41) is 7.10. The number of hydrogen-bond donors (Lipinski definition) is 1. The third kappa shape index (κ3) is 5.99. The molecule has 2 aromatic heterocycles. The fourth-order valence-electron chi connectivity index (χ4n) is 4.34. The van der Waals surface area contributed by atoms with E-state index in [9.17, 15) is 9.18 Å². The Morgan fingerprint density at radius 3 is 2.66 bits per heavy atom. The van der Waals surface area contributed by atoms with E-state index in [2.05, 4.69) is 37.5 Å². The van der Waals surface area contributed by atoms with E-state index in [0.717, 1.165) is 38.0 Å². The number of piperidine rings is 1. The van der Waals surface area contributed by atoms with Gasteiger partial charge in [0.1, 0.15) is 5.82 Å². The van der Waals surface area contributed by atoms with Crippen LogP contribution in [0.5, 0.6) is 0 Å². The monoisotopic (exact) mass is 474 g/mol. The number of carbonyl (C=O) groups excluding carboxylic acids is 1. The zero-order valence-corrected chi connectivity index (χ0v) is 19.3. The number of halogens is 1. The van der Waals surface area contributed by atoms with Gasteiger partial charge in [0.25, 0.3) is 0 Å². The minimum atomic E-state index is -0.302. The summed E-state index contributed by atoms with van der Waals surface area (Å²) in [4.78, 5) is 23.5. The van der Waals surface area contributed by atoms with Crippen molar-refractivity contribution in [1.82, 2.24) is 29.9 Å². The van der Waals surface area contributed by atoms with Crippen LogP contribution in [0.2, 0.25) is 0 Å². The SMILES string of the molecule is O=C(NCc1cccc(Cn2ccnc2)c1)C1CCN(Cc2nc(-c3ccc(F)cc3)no2)CC1. The minimum absolute atomic E-state index is 0.00200. The highest BCUT2D eigenvalue weighted by Crippen LogP contribution is 2.21. The number of hydrogen-bond acceptors (Lipinski definition) is 6. The van der Waals surface area contributed by atoms with Crippen molar-refractivity contribution >= 4 is 5.91 Å². The van der Waals surface area contributed by atoms with Crippen LogP contribution in [0.25, 0.3) is 11.4 Å². The second-order valence-corrected chi connectivity index (χ2v) is 8.84. The molecule has 9 heteroatoms. The molecular formula is C26H27FN6O2. The summed E-state index contributed by atoms with van der Waals surface area (Å²) >= 11 is 0. The van der Waals surface area contributed by atoms with E-state index in [4.69, 9.17) is 4.52 Å². The maximum atomic E-state index is 13.1. The Hall–Kier alpha value is -3.85. The molecule has 0 atom stereocenters. The van der Waals surface area contributed by atoms with Crippen molar-refractivity contribution in [1.29, 1.82) is 0 Å². The van der Waals surface area contributed by atoms with Gasteiger partial charge in [-0.1, -0.05) is 29.4 Å². The molecule has 2 aromatic carbocycles. The first kappa shape index (κ1) is 22.9. The Bertz CT molecular complexity index is 1250. The number of likely N-dealkylation sites (tertiary alicyclic amines) is 1. The Kier molecular flexibility index (Phi) is 6.94. The van der Waals surface area contributed by atoms with E-state index in [0.29, 0.717) is 30.4 Å². The first-order valence-corrected chi connectivity index (χ1v) is 11.7. The Balaban J connectivity index is 1.07. The maximum Gasteiger partial charge on any atom is 0.241 e. The Morgan fingerprint density at radius 1 is 1.09 bits per heavy atom. The summed E-state index contributed by atoms with van der Waals surface area (Å²) in [6.45, 7) is 3.38. The van der Waals surface area contributed by atoms with Gasteiger partial charge in [0, 0.05) is 37.0 Å². The normalized spacial score (nSPS) is 14.8. The van der Waals surface area contributed by atoms with Crippen LogP contribution in [0.15, 0.2) is 71.8 Å². The summed E-state index contributed by atoms with van der Waals surface area (Å²) in [6.07, 6.45) is 7.06. The fourth-order valence-corrected chi connectivity index (χ4v) is 4.34. The van der Waals surface area contributed by atoms with Crippen LogP contribution in [0.1, 0.15) is 29.9 Å². The van der Waals surface area contributed by atoms with Gasteiger partial charge in [-0.3, -0.25) is 9.69 Å². The summed E-state index contributed by atoms with van der Waals surface area (Å²) < 4.78 is 20.5. The average molecular weight is 475 g/mol. The van der Waals surface area contributed by atoms with E-state index in [-0.39, 0.29) is 17.6 Å². The molecular weight excluding hydrogens is 447 g/mol. The molecule has 0 radical (unpaired) electrons. The third-order valence-electron chi connectivity index (χ3n) is 6.27. The zero-order chi connectivity index (χ0) is 24.0. The van der Waals surface area contributed by atoms with Gasteiger partial charge < -0.3 is 14.4 Å². The molecule has 8 nitrogen and oxygen atoms in total. The largest absolute Gasteiger partial charge is 0.352 e. The number of carbonyl (C=O) groups is 1. The van der Waals surface area contributed by atoms with Crippen molar-refractivity contribution < 1.29 is 13.7 Å². The molecule has 1 amide bonds. The van der Waals surface area contributed by atoms with Crippen LogP contribution in [0.3, 0.4) is 0 Å². The predicted molar refractivity (Wildman–Crippen MR) is 127 cm³/mol. The molecule has 1 fully saturated rings. The smallest absolute Gasteiger partial charge is 0.241 e. The highest BCUT2D eigenvalue weighted by molar-refractivity contribution is 5.78. The minimum Gasteiger partial charge on any atom is -0.352 e. The van der Waals surface area contributed by atoms with E-state index in [1.807, 2.05) is 22.9 Å². The topological polar surface area (TPSA) is 89.1 Å². The summed E-state index contributed by atoms with van der Waals surface area (Å²) in [5.74, 6) is 0.758. The van der Waals surface area contributed by atoms with Gasteiger partial charge in [0.15, 0.2) is 0 Å². The number of rotatable bonds is 8. The van der Waals surface area contributed by atoms with E-state index < -0.39 is 0 Å². The van der Waals surface area contributed by atoms with E-state index in [1.165, 1.54) is 17.7 Å². The van der Waals surface area contributed by atoms with Gasteiger partial charge in [0.2, 0.25) is 17.6 Å². The van der Waals surface area contributed by atoms with E-state index >= 15 is 0 Å². The molecule has 3 heterocycles. The number of benzene rings is 2. The van der Waals surface area contributed by atoms with Crippen LogP contribution < -0.4 is 5.32 Å². The quantitative estimate of drug-likeness (QED) is 0.419.